The van der Waals surface area contributed by atoms with Crippen LogP contribution in [0.3, 0.4) is 0 Å². The molecule has 0 saturated carbocycles. The molecule has 2 aromatic rings. The van der Waals surface area contributed by atoms with Gasteiger partial charge in [0, 0.05) is 11.1 Å². The van der Waals surface area contributed by atoms with Crippen LogP contribution in [0.4, 0.5) is 5.69 Å². The number of benzene rings is 2. The van der Waals surface area contributed by atoms with E-state index in [-0.39, 0.29) is 0 Å². The van der Waals surface area contributed by atoms with Crippen molar-refractivity contribution < 1.29 is 4.74 Å². The van der Waals surface area contributed by atoms with E-state index in [9.17, 15) is 0 Å². The van der Waals surface area contributed by atoms with E-state index in [1.165, 1.54) is 0 Å². The summed E-state index contributed by atoms with van der Waals surface area (Å²) in [6.07, 6.45) is 0. The molecule has 0 saturated heterocycles. The molecule has 0 spiro atoms. The summed E-state index contributed by atoms with van der Waals surface area (Å²) in [5.74, 6) is 1.05. The standard InChI is InChI=1S/C13H8BrClN2O/c14-10-5-8(7-16)1-4-12(10)18-13-6-9(15)2-3-11(13)17/h1-6H,17H2. The van der Waals surface area contributed by atoms with Gasteiger partial charge in [0.05, 0.1) is 21.8 Å². The van der Waals surface area contributed by atoms with Crippen molar-refractivity contribution in [3.05, 3.63) is 51.5 Å². The molecular weight excluding hydrogens is 316 g/mol. The van der Waals surface area contributed by atoms with Crippen LogP contribution >= 0.6 is 27.5 Å². The van der Waals surface area contributed by atoms with E-state index < -0.39 is 0 Å². The Balaban J connectivity index is 2.34. The van der Waals surface area contributed by atoms with Crippen LogP contribution < -0.4 is 10.5 Å². The summed E-state index contributed by atoms with van der Waals surface area (Å²) in [5, 5.41) is 9.32. The number of hydrogen-bond acceptors (Lipinski definition) is 3. The first-order valence-electron chi connectivity index (χ1n) is 5.02. The van der Waals surface area contributed by atoms with E-state index in [1.807, 2.05) is 6.07 Å². The number of nitriles is 1. The Hall–Kier alpha value is -1.70. The molecule has 5 heteroatoms. The lowest BCUT2D eigenvalue weighted by molar-refractivity contribution is 0.482. The van der Waals surface area contributed by atoms with Gasteiger partial charge in [-0.2, -0.15) is 5.26 Å². The Kier molecular flexibility index (Phi) is 3.75. The number of hydrogen-bond donors (Lipinski definition) is 1. The van der Waals surface area contributed by atoms with Crippen LogP contribution in [0.2, 0.25) is 5.02 Å². The van der Waals surface area contributed by atoms with Crippen molar-refractivity contribution in [1.82, 2.24) is 0 Å². The second-order valence-corrected chi connectivity index (χ2v) is 4.83. The predicted molar refractivity (Wildman–Crippen MR) is 74.8 cm³/mol. The van der Waals surface area contributed by atoms with Crippen LogP contribution in [0.1, 0.15) is 5.56 Å². The second-order valence-electron chi connectivity index (χ2n) is 3.54. The molecule has 0 radical (unpaired) electrons. The highest BCUT2D eigenvalue weighted by Crippen LogP contribution is 2.34. The molecule has 18 heavy (non-hydrogen) atoms. The van der Waals surface area contributed by atoms with Gasteiger partial charge in [-0.3, -0.25) is 0 Å². The fourth-order valence-electron chi connectivity index (χ4n) is 1.37. The summed E-state index contributed by atoms with van der Waals surface area (Å²) >= 11 is 9.22. The minimum Gasteiger partial charge on any atom is -0.454 e. The van der Waals surface area contributed by atoms with Crippen LogP contribution in [0.25, 0.3) is 0 Å². The summed E-state index contributed by atoms with van der Waals surface area (Å²) in [6, 6.07) is 12.1. The molecule has 90 valence electrons. The molecule has 2 aromatic carbocycles. The fraction of sp³-hybridized carbons (Fsp3) is 0. The van der Waals surface area contributed by atoms with E-state index in [0.29, 0.717) is 32.2 Å². The van der Waals surface area contributed by atoms with E-state index >= 15 is 0 Å². The monoisotopic (exact) mass is 322 g/mol. The first kappa shape index (κ1) is 12.7. The molecule has 0 aliphatic rings. The van der Waals surface area contributed by atoms with Crippen molar-refractivity contribution in [1.29, 1.82) is 5.26 Å². The molecule has 0 fully saturated rings. The fourth-order valence-corrected chi connectivity index (χ4v) is 1.99. The Labute approximate surface area is 118 Å². The maximum atomic E-state index is 8.77. The molecule has 2 rings (SSSR count). The van der Waals surface area contributed by atoms with Gasteiger partial charge in [0.15, 0.2) is 5.75 Å². The molecule has 3 nitrogen and oxygen atoms in total. The Morgan fingerprint density at radius 2 is 1.94 bits per heavy atom. The van der Waals surface area contributed by atoms with Gasteiger partial charge in [0.1, 0.15) is 5.75 Å². The maximum absolute atomic E-state index is 8.77. The Morgan fingerprint density at radius 1 is 1.17 bits per heavy atom. The highest BCUT2D eigenvalue weighted by atomic mass is 79.9. The van der Waals surface area contributed by atoms with E-state index in [2.05, 4.69) is 15.9 Å². The third-order valence-corrected chi connectivity index (χ3v) is 3.11. The zero-order chi connectivity index (χ0) is 13.1. The number of anilines is 1. The van der Waals surface area contributed by atoms with Crippen molar-refractivity contribution in [2.24, 2.45) is 0 Å². The largest absolute Gasteiger partial charge is 0.454 e. The summed E-state index contributed by atoms with van der Waals surface area (Å²) in [4.78, 5) is 0. The normalized spacial score (nSPS) is 9.83. The molecule has 0 aromatic heterocycles. The quantitative estimate of drug-likeness (QED) is 0.836. The lowest BCUT2D eigenvalue weighted by Crippen LogP contribution is -1.92. The number of nitrogens with zero attached hydrogens (tertiary/aromatic N) is 1. The molecule has 0 heterocycles. The molecular formula is C13H8BrClN2O. The highest BCUT2D eigenvalue weighted by Gasteiger charge is 2.07. The molecule has 0 aliphatic heterocycles. The number of rotatable bonds is 2. The van der Waals surface area contributed by atoms with Crippen LogP contribution in [-0.4, -0.2) is 0 Å². The summed E-state index contributed by atoms with van der Waals surface area (Å²) < 4.78 is 6.34. The van der Waals surface area contributed by atoms with Gasteiger partial charge < -0.3 is 10.5 Å². The Morgan fingerprint density at radius 3 is 2.61 bits per heavy atom. The average molecular weight is 324 g/mol. The molecule has 0 unspecified atom stereocenters. The SMILES string of the molecule is N#Cc1ccc(Oc2cc(Cl)ccc2N)c(Br)c1. The molecule has 0 amide bonds. The van der Waals surface area contributed by atoms with Gasteiger partial charge in [0.2, 0.25) is 0 Å². The number of nitrogens with two attached hydrogens (primary N) is 1. The number of halogens is 2. The number of ether oxygens (including phenoxy) is 1. The molecule has 0 bridgehead atoms. The van der Waals surface area contributed by atoms with E-state index in [0.717, 1.165) is 0 Å². The van der Waals surface area contributed by atoms with Crippen molar-refractivity contribution in [3.8, 4) is 17.6 Å². The number of nitrogen functional groups attached to an aromatic ring is 1. The smallest absolute Gasteiger partial charge is 0.151 e. The van der Waals surface area contributed by atoms with Crippen molar-refractivity contribution in [2.45, 2.75) is 0 Å². The minimum absolute atomic E-state index is 0.480. The summed E-state index contributed by atoms with van der Waals surface area (Å²) in [7, 11) is 0. The van der Waals surface area contributed by atoms with Crippen molar-refractivity contribution >= 4 is 33.2 Å². The molecule has 0 atom stereocenters. The summed E-state index contributed by atoms with van der Waals surface area (Å²) in [6.45, 7) is 0. The zero-order valence-corrected chi connectivity index (χ0v) is 11.5. The lowest BCUT2D eigenvalue weighted by atomic mass is 10.2. The van der Waals surface area contributed by atoms with Gasteiger partial charge in [-0.1, -0.05) is 11.6 Å². The van der Waals surface area contributed by atoms with Crippen molar-refractivity contribution in [3.63, 3.8) is 0 Å². The molecule has 2 N–H and O–H groups in total. The van der Waals surface area contributed by atoms with Gasteiger partial charge in [-0.25, -0.2) is 0 Å². The van der Waals surface area contributed by atoms with Crippen LogP contribution in [0, 0.1) is 11.3 Å². The van der Waals surface area contributed by atoms with E-state index in [1.54, 1.807) is 36.4 Å². The zero-order valence-electron chi connectivity index (χ0n) is 9.15. The van der Waals surface area contributed by atoms with Crippen LogP contribution in [-0.2, 0) is 0 Å². The van der Waals surface area contributed by atoms with Crippen molar-refractivity contribution in [2.75, 3.05) is 5.73 Å². The molecule has 0 aliphatic carbocycles. The Bertz CT molecular complexity index is 637. The minimum atomic E-state index is 0.480. The average Bonchev–Trinajstić information content (AvgIpc) is 2.36. The van der Waals surface area contributed by atoms with Crippen LogP contribution in [0.15, 0.2) is 40.9 Å². The van der Waals surface area contributed by atoms with Gasteiger partial charge in [0.25, 0.3) is 0 Å². The third kappa shape index (κ3) is 2.76. The summed E-state index contributed by atoms with van der Waals surface area (Å²) in [5.41, 5.74) is 6.84. The second kappa shape index (κ2) is 5.30. The lowest BCUT2D eigenvalue weighted by Gasteiger charge is -2.10. The van der Waals surface area contributed by atoms with Gasteiger partial charge in [-0.15, -0.1) is 0 Å². The topological polar surface area (TPSA) is 59.0 Å². The van der Waals surface area contributed by atoms with Crippen LogP contribution in [0.5, 0.6) is 11.5 Å². The predicted octanol–water partition coefficient (Wildman–Crippen LogP) is 4.35. The third-order valence-electron chi connectivity index (χ3n) is 2.26. The first-order chi connectivity index (χ1) is 8.60. The van der Waals surface area contributed by atoms with Gasteiger partial charge in [-0.05, 0) is 46.3 Å². The highest BCUT2D eigenvalue weighted by molar-refractivity contribution is 9.10. The first-order valence-corrected chi connectivity index (χ1v) is 6.20. The van der Waals surface area contributed by atoms with E-state index in [4.69, 9.17) is 27.3 Å². The maximum Gasteiger partial charge on any atom is 0.151 e. The van der Waals surface area contributed by atoms with Gasteiger partial charge >= 0.3 is 0 Å².